The Balaban J connectivity index is 1.58. The lowest BCUT2D eigenvalue weighted by Crippen LogP contribution is -2.51. The van der Waals surface area contributed by atoms with E-state index in [-0.39, 0.29) is 52.8 Å². The molecule has 0 aliphatic carbocycles. The number of esters is 1. The second kappa shape index (κ2) is 17.8. The van der Waals surface area contributed by atoms with Gasteiger partial charge in [0.2, 0.25) is 0 Å². The molecule has 0 aromatic heterocycles. The standard InChI is InChI=1S/C38H45FN2O12/c1-38(2,3)53-37(45)41-17-9-10-26(25(20-41)40-35(43)24-15-16-27(51-21-46-4)28(18-24)47-5)52-36(44)23-13-11-22(12-14-23)33(42)31-29(48-6)19-30(49-7)34(50-8)32(31)39/h11-16,18-19,25-26H,9-10,17,20-21H2,1-8H3,(H,40,43)/t25-,26-/m1/s1. The molecular weight excluding hydrogens is 695 g/mol. The van der Waals surface area contributed by atoms with Crippen LogP contribution in [0, 0.1) is 5.82 Å². The van der Waals surface area contributed by atoms with Crippen molar-refractivity contribution in [3.05, 3.63) is 76.6 Å². The number of ether oxygens (including phenoxy) is 8. The number of nitrogens with zero attached hydrogens (tertiary/aromatic N) is 1. The van der Waals surface area contributed by atoms with E-state index in [0.717, 1.165) is 0 Å². The Labute approximate surface area is 307 Å². The van der Waals surface area contributed by atoms with Crippen molar-refractivity contribution < 1.29 is 61.5 Å². The summed E-state index contributed by atoms with van der Waals surface area (Å²) in [5.74, 6) is -2.56. The number of halogens is 1. The summed E-state index contributed by atoms with van der Waals surface area (Å²) in [5.41, 5.74) is -0.751. The Morgan fingerprint density at radius 2 is 1.45 bits per heavy atom. The van der Waals surface area contributed by atoms with Crippen molar-refractivity contribution in [3.8, 4) is 28.7 Å². The first-order valence-electron chi connectivity index (χ1n) is 16.7. The van der Waals surface area contributed by atoms with Gasteiger partial charge in [-0.1, -0.05) is 12.1 Å². The Morgan fingerprint density at radius 1 is 0.811 bits per heavy atom. The summed E-state index contributed by atoms with van der Waals surface area (Å²) in [6.45, 7) is 5.50. The van der Waals surface area contributed by atoms with Gasteiger partial charge in [0.15, 0.2) is 41.4 Å². The Kier molecular flexibility index (Phi) is 13.5. The van der Waals surface area contributed by atoms with Crippen molar-refractivity contribution in [1.82, 2.24) is 10.2 Å². The molecule has 0 unspecified atom stereocenters. The lowest BCUT2D eigenvalue weighted by molar-refractivity contribution is 0.0127. The van der Waals surface area contributed by atoms with Crippen molar-refractivity contribution >= 4 is 23.8 Å². The number of methoxy groups -OCH3 is 5. The Morgan fingerprint density at radius 3 is 2.06 bits per heavy atom. The van der Waals surface area contributed by atoms with Gasteiger partial charge in [-0.25, -0.2) is 14.0 Å². The van der Waals surface area contributed by atoms with Crippen LogP contribution in [0.15, 0.2) is 48.5 Å². The predicted octanol–water partition coefficient (Wildman–Crippen LogP) is 5.43. The fraction of sp³-hybridized carbons (Fsp3) is 0.421. The second-order valence-corrected chi connectivity index (χ2v) is 12.9. The number of carbonyl (C=O) groups is 4. The number of rotatable bonds is 13. The second-order valence-electron chi connectivity index (χ2n) is 12.9. The first-order valence-corrected chi connectivity index (χ1v) is 16.7. The molecule has 1 fully saturated rings. The van der Waals surface area contributed by atoms with Crippen LogP contribution in [0.5, 0.6) is 28.7 Å². The minimum Gasteiger partial charge on any atom is -0.496 e. The molecule has 15 heteroatoms. The third-order valence-corrected chi connectivity index (χ3v) is 8.17. The third-order valence-electron chi connectivity index (χ3n) is 8.17. The molecule has 2 atom stereocenters. The van der Waals surface area contributed by atoms with E-state index < -0.39 is 47.3 Å². The van der Waals surface area contributed by atoms with Crippen molar-refractivity contribution in [2.24, 2.45) is 0 Å². The smallest absolute Gasteiger partial charge is 0.410 e. The summed E-state index contributed by atoms with van der Waals surface area (Å²) in [4.78, 5) is 55.2. The molecule has 286 valence electrons. The van der Waals surface area contributed by atoms with Gasteiger partial charge in [0.1, 0.15) is 23.0 Å². The third kappa shape index (κ3) is 9.86. The van der Waals surface area contributed by atoms with Crippen LogP contribution in [0.25, 0.3) is 0 Å². The first kappa shape index (κ1) is 40.2. The van der Waals surface area contributed by atoms with Gasteiger partial charge in [-0.2, -0.15) is 0 Å². The summed E-state index contributed by atoms with van der Waals surface area (Å²) < 4.78 is 58.4. The minimum absolute atomic E-state index is 0.0169. The molecule has 1 aliphatic rings. The molecule has 1 N–H and O–H groups in total. The van der Waals surface area contributed by atoms with Gasteiger partial charge >= 0.3 is 12.1 Å². The number of amides is 2. The van der Waals surface area contributed by atoms with E-state index in [1.54, 1.807) is 32.9 Å². The molecule has 53 heavy (non-hydrogen) atoms. The minimum atomic E-state index is -0.965. The maximum atomic E-state index is 15.4. The lowest BCUT2D eigenvalue weighted by Gasteiger charge is -2.30. The van der Waals surface area contributed by atoms with Gasteiger partial charge in [-0.15, -0.1) is 0 Å². The van der Waals surface area contributed by atoms with Crippen LogP contribution >= 0.6 is 0 Å². The number of hydrogen-bond donors (Lipinski definition) is 1. The number of likely N-dealkylation sites (tertiary alicyclic amines) is 1. The number of hydrogen-bond acceptors (Lipinski definition) is 12. The van der Waals surface area contributed by atoms with Crippen LogP contribution in [-0.4, -0.2) is 102 Å². The Bertz CT molecular complexity index is 1790. The van der Waals surface area contributed by atoms with Crippen LogP contribution in [0.1, 0.15) is 70.3 Å². The van der Waals surface area contributed by atoms with Gasteiger partial charge in [0, 0.05) is 37.4 Å². The van der Waals surface area contributed by atoms with E-state index in [0.29, 0.717) is 30.9 Å². The normalized spacial score (nSPS) is 15.8. The highest BCUT2D eigenvalue weighted by Crippen LogP contribution is 2.39. The van der Waals surface area contributed by atoms with Crippen LogP contribution in [0.3, 0.4) is 0 Å². The molecule has 4 rings (SSSR count). The van der Waals surface area contributed by atoms with Crippen molar-refractivity contribution in [3.63, 3.8) is 0 Å². The first-order chi connectivity index (χ1) is 25.2. The van der Waals surface area contributed by atoms with E-state index in [9.17, 15) is 19.2 Å². The van der Waals surface area contributed by atoms with Crippen molar-refractivity contribution in [2.45, 2.75) is 51.4 Å². The highest BCUT2D eigenvalue weighted by molar-refractivity contribution is 6.11. The number of ketones is 1. The highest BCUT2D eigenvalue weighted by Gasteiger charge is 2.35. The van der Waals surface area contributed by atoms with Gasteiger partial charge in [0.25, 0.3) is 5.91 Å². The topological polar surface area (TPSA) is 157 Å². The Hall–Kier alpha value is -5.57. The molecule has 1 saturated heterocycles. The van der Waals surface area contributed by atoms with E-state index in [1.165, 1.54) is 76.8 Å². The molecule has 1 aliphatic heterocycles. The van der Waals surface area contributed by atoms with E-state index in [4.69, 9.17) is 37.9 Å². The van der Waals surface area contributed by atoms with Gasteiger partial charge in [-0.3, -0.25) is 9.59 Å². The number of carbonyl (C=O) groups excluding carboxylic acids is 4. The summed E-state index contributed by atoms with van der Waals surface area (Å²) in [6, 6.07) is 10.6. The molecule has 0 spiro atoms. The zero-order chi connectivity index (χ0) is 38.9. The van der Waals surface area contributed by atoms with Gasteiger partial charge < -0.3 is 48.1 Å². The molecule has 3 aromatic rings. The summed E-state index contributed by atoms with van der Waals surface area (Å²) in [6.07, 6.45) is -0.697. The quantitative estimate of drug-likeness (QED) is 0.135. The van der Waals surface area contributed by atoms with Crippen LogP contribution < -0.4 is 29.0 Å². The molecule has 0 saturated carbocycles. The molecule has 14 nitrogen and oxygen atoms in total. The SMILES string of the molecule is COCOc1ccc(C(=O)N[C@@H]2CN(C(=O)OC(C)(C)C)CCC[C@H]2OC(=O)c2ccc(C(=O)c3c(OC)cc(OC)c(OC)c3F)cc2)cc1OC. The van der Waals surface area contributed by atoms with E-state index in [2.05, 4.69) is 5.32 Å². The lowest BCUT2D eigenvalue weighted by atomic mass is 9.99. The highest BCUT2D eigenvalue weighted by atomic mass is 19.1. The van der Waals surface area contributed by atoms with Crippen molar-refractivity contribution in [1.29, 1.82) is 0 Å². The summed E-state index contributed by atoms with van der Waals surface area (Å²) >= 11 is 0. The zero-order valence-electron chi connectivity index (χ0n) is 31.0. The van der Waals surface area contributed by atoms with E-state index in [1.807, 2.05) is 0 Å². The van der Waals surface area contributed by atoms with Gasteiger partial charge in [0.05, 0.1) is 40.0 Å². The maximum Gasteiger partial charge on any atom is 0.410 e. The zero-order valence-corrected chi connectivity index (χ0v) is 31.0. The number of benzene rings is 3. The average molecular weight is 741 g/mol. The monoisotopic (exact) mass is 740 g/mol. The molecule has 3 aromatic carbocycles. The fourth-order valence-corrected chi connectivity index (χ4v) is 5.61. The molecular formula is C38H45FN2O12. The average Bonchev–Trinajstić information content (AvgIpc) is 3.34. The summed E-state index contributed by atoms with van der Waals surface area (Å²) in [7, 11) is 6.77. The molecule has 0 radical (unpaired) electrons. The molecule has 1 heterocycles. The van der Waals surface area contributed by atoms with E-state index >= 15 is 4.39 Å². The van der Waals surface area contributed by atoms with Gasteiger partial charge in [-0.05, 0) is 63.9 Å². The molecule has 2 amide bonds. The molecule has 0 bridgehead atoms. The summed E-state index contributed by atoms with van der Waals surface area (Å²) in [5, 5.41) is 2.92. The maximum absolute atomic E-state index is 15.4. The number of nitrogens with one attached hydrogen (secondary N) is 1. The van der Waals surface area contributed by atoms with Crippen LogP contribution in [0.4, 0.5) is 9.18 Å². The van der Waals surface area contributed by atoms with Crippen LogP contribution in [-0.2, 0) is 14.2 Å². The largest absolute Gasteiger partial charge is 0.496 e. The predicted molar refractivity (Wildman–Crippen MR) is 189 cm³/mol. The fourth-order valence-electron chi connectivity index (χ4n) is 5.61. The van der Waals surface area contributed by atoms with Crippen LogP contribution in [0.2, 0.25) is 0 Å². The van der Waals surface area contributed by atoms with Crippen molar-refractivity contribution in [2.75, 3.05) is 55.4 Å².